The van der Waals surface area contributed by atoms with E-state index in [4.69, 9.17) is 9.72 Å². The number of aromatic nitrogens is 2. The number of hydrogen-bond donors (Lipinski definition) is 0. The molecule has 37 heavy (non-hydrogen) atoms. The number of unbranched alkanes of at least 4 members (excludes halogenated alkanes) is 15. The third kappa shape index (κ3) is 10.9. The summed E-state index contributed by atoms with van der Waals surface area (Å²) in [6, 6.07) is 16.9. The highest BCUT2D eigenvalue weighted by Gasteiger charge is 2.11. The molecule has 0 radical (unpaired) electrons. The second-order valence-corrected chi connectivity index (χ2v) is 10.8. The fourth-order valence-corrected chi connectivity index (χ4v) is 5.27. The van der Waals surface area contributed by atoms with Gasteiger partial charge in [-0.05, 0) is 42.7 Å². The minimum Gasteiger partial charge on any atom is -0.486 e. The molecule has 0 saturated heterocycles. The van der Waals surface area contributed by atoms with Crippen molar-refractivity contribution in [2.45, 2.75) is 136 Å². The van der Waals surface area contributed by atoms with Gasteiger partial charge in [-0.15, -0.1) is 0 Å². The Morgan fingerprint density at radius 3 is 1.73 bits per heavy atom. The summed E-state index contributed by atoms with van der Waals surface area (Å²) >= 11 is 0. The molecule has 0 amide bonds. The SMILES string of the molecule is CCCCCCCCCCCCCCCCCCn1c(COc2ccc(CC)cc2)nc2ccccc21. The van der Waals surface area contributed by atoms with Crippen LogP contribution in [0.1, 0.15) is 128 Å². The fraction of sp³-hybridized carbons (Fsp3) is 0.618. The molecule has 0 N–H and O–H groups in total. The molecule has 3 rings (SSSR count). The quantitative estimate of drug-likeness (QED) is 0.135. The monoisotopic (exact) mass is 504 g/mol. The van der Waals surface area contributed by atoms with Crippen LogP contribution in [-0.4, -0.2) is 9.55 Å². The van der Waals surface area contributed by atoms with E-state index in [9.17, 15) is 0 Å². The molecule has 0 aliphatic rings. The lowest BCUT2D eigenvalue weighted by Crippen LogP contribution is -2.07. The second kappa shape index (κ2) is 18.0. The number of ether oxygens (including phenoxy) is 1. The van der Waals surface area contributed by atoms with E-state index in [1.165, 1.54) is 114 Å². The van der Waals surface area contributed by atoms with Gasteiger partial charge in [-0.2, -0.15) is 0 Å². The van der Waals surface area contributed by atoms with Crippen LogP contribution in [0.5, 0.6) is 5.75 Å². The van der Waals surface area contributed by atoms with Crippen LogP contribution in [-0.2, 0) is 19.6 Å². The van der Waals surface area contributed by atoms with Crippen LogP contribution >= 0.6 is 0 Å². The Hall–Kier alpha value is -2.29. The molecule has 0 spiro atoms. The summed E-state index contributed by atoms with van der Waals surface area (Å²) in [6.45, 7) is 6.01. The predicted molar refractivity (Wildman–Crippen MR) is 159 cm³/mol. The van der Waals surface area contributed by atoms with Crippen LogP contribution in [0.25, 0.3) is 11.0 Å². The minimum atomic E-state index is 0.513. The topological polar surface area (TPSA) is 27.1 Å². The smallest absolute Gasteiger partial charge is 0.147 e. The fourth-order valence-electron chi connectivity index (χ4n) is 5.27. The number of imidazole rings is 1. The number of fused-ring (bicyclic) bond motifs is 1. The average molecular weight is 505 g/mol. The molecule has 2 aromatic carbocycles. The third-order valence-electron chi connectivity index (χ3n) is 7.67. The van der Waals surface area contributed by atoms with Crippen molar-refractivity contribution in [3.63, 3.8) is 0 Å². The molecule has 0 bridgehead atoms. The van der Waals surface area contributed by atoms with Gasteiger partial charge in [0.05, 0.1) is 11.0 Å². The van der Waals surface area contributed by atoms with Crippen LogP contribution in [0.15, 0.2) is 48.5 Å². The first-order valence-corrected chi connectivity index (χ1v) is 15.5. The van der Waals surface area contributed by atoms with Crippen molar-refractivity contribution < 1.29 is 4.74 Å². The van der Waals surface area contributed by atoms with E-state index in [2.05, 4.69) is 66.9 Å². The van der Waals surface area contributed by atoms with E-state index in [1.807, 2.05) is 0 Å². The number of rotatable bonds is 21. The van der Waals surface area contributed by atoms with Crippen molar-refractivity contribution in [3.05, 3.63) is 59.9 Å². The second-order valence-electron chi connectivity index (χ2n) is 10.8. The van der Waals surface area contributed by atoms with E-state index in [0.29, 0.717) is 6.61 Å². The molecular weight excluding hydrogens is 452 g/mol. The number of nitrogens with zero attached hydrogens (tertiary/aromatic N) is 2. The van der Waals surface area contributed by atoms with Gasteiger partial charge in [0.2, 0.25) is 0 Å². The molecule has 3 heteroatoms. The molecule has 1 heterocycles. The zero-order chi connectivity index (χ0) is 26.0. The Labute approximate surface area is 227 Å². The van der Waals surface area contributed by atoms with Gasteiger partial charge < -0.3 is 9.30 Å². The number of para-hydroxylation sites is 2. The van der Waals surface area contributed by atoms with Gasteiger partial charge in [0.15, 0.2) is 0 Å². The van der Waals surface area contributed by atoms with Gasteiger partial charge in [0.25, 0.3) is 0 Å². The number of aryl methyl sites for hydroxylation is 2. The van der Waals surface area contributed by atoms with E-state index >= 15 is 0 Å². The maximum absolute atomic E-state index is 6.11. The van der Waals surface area contributed by atoms with Crippen LogP contribution in [0.3, 0.4) is 0 Å². The van der Waals surface area contributed by atoms with E-state index < -0.39 is 0 Å². The van der Waals surface area contributed by atoms with Crippen LogP contribution < -0.4 is 4.74 Å². The van der Waals surface area contributed by atoms with Gasteiger partial charge in [-0.25, -0.2) is 4.98 Å². The molecular formula is C34H52N2O. The van der Waals surface area contributed by atoms with Crippen LogP contribution in [0.2, 0.25) is 0 Å². The largest absolute Gasteiger partial charge is 0.486 e. The Bertz CT molecular complexity index is 975. The van der Waals surface area contributed by atoms with Crippen molar-refractivity contribution in [3.8, 4) is 5.75 Å². The van der Waals surface area contributed by atoms with Crippen molar-refractivity contribution >= 4 is 11.0 Å². The van der Waals surface area contributed by atoms with Crippen molar-refractivity contribution in [1.29, 1.82) is 0 Å². The van der Waals surface area contributed by atoms with Gasteiger partial charge in [0.1, 0.15) is 18.2 Å². The van der Waals surface area contributed by atoms with Crippen molar-refractivity contribution in [2.24, 2.45) is 0 Å². The van der Waals surface area contributed by atoms with Gasteiger partial charge in [0, 0.05) is 6.54 Å². The van der Waals surface area contributed by atoms with Crippen LogP contribution in [0, 0.1) is 0 Å². The highest BCUT2D eigenvalue weighted by atomic mass is 16.5. The van der Waals surface area contributed by atoms with E-state index in [-0.39, 0.29) is 0 Å². The summed E-state index contributed by atoms with van der Waals surface area (Å²) in [6.07, 6.45) is 23.5. The predicted octanol–water partition coefficient (Wildman–Crippen LogP) is 10.4. The molecule has 1 aromatic heterocycles. The maximum Gasteiger partial charge on any atom is 0.147 e. The molecule has 0 saturated carbocycles. The molecule has 0 fully saturated rings. The normalized spacial score (nSPS) is 11.4. The van der Waals surface area contributed by atoms with Crippen LogP contribution in [0.4, 0.5) is 0 Å². The molecule has 204 valence electrons. The lowest BCUT2D eigenvalue weighted by atomic mass is 10.0. The summed E-state index contributed by atoms with van der Waals surface area (Å²) in [5, 5.41) is 0. The van der Waals surface area contributed by atoms with Gasteiger partial charge in [-0.1, -0.05) is 134 Å². The number of benzene rings is 2. The number of hydrogen-bond acceptors (Lipinski definition) is 2. The van der Waals surface area contributed by atoms with Crippen molar-refractivity contribution in [1.82, 2.24) is 9.55 Å². The van der Waals surface area contributed by atoms with Gasteiger partial charge in [-0.3, -0.25) is 0 Å². The highest BCUT2D eigenvalue weighted by molar-refractivity contribution is 5.75. The zero-order valence-electron chi connectivity index (χ0n) is 23.9. The molecule has 0 aliphatic carbocycles. The Morgan fingerprint density at radius 1 is 0.622 bits per heavy atom. The Balaban J connectivity index is 1.28. The molecule has 3 nitrogen and oxygen atoms in total. The standard InChI is InChI=1S/C34H52N2O/c1-3-5-6-7-8-9-10-11-12-13-14-15-16-17-18-21-28-36-33-23-20-19-22-32(33)35-34(36)29-37-31-26-24-30(4-2)25-27-31/h19-20,22-27H,3-18,21,28-29H2,1-2H3. The molecule has 0 unspecified atom stereocenters. The Morgan fingerprint density at radius 2 is 1.16 bits per heavy atom. The Kier molecular flexibility index (Phi) is 14.3. The maximum atomic E-state index is 6.11. The summed E-state index contributed by atoms with van der Waals surface area (Å²) in [5.41, 5.74) is 3.63. The average Bonchev–Trinajstić information content (AvgIpc) is 3.29. The molecule has 0 atom stereocenters. The third-order valence-corrected chi connectivity index (χ3v) is 7.67. The van der Waals surface area contributed by atoms with Crippen molar-refractivity contribution in [2.75, 3.05) is 0 Å². The summed E-state index contributed by atoms with van der Waals surface area (Å²) in [5.74, 6) is 1.94. The summed E-state index contributed by atoms with van der Waals surface area (Å²) in [4.78, 5) is 4.89. The summed E-state index contributed by atoms with van der Waals surface area (Å²) < 4.78 is 8.49. The first-order valence-electron chi connectivity index (χ1n) is 15.5. The first kappa shape index (κ1) is 29.3. The molecule has 3 aromatic rings. The molecule has 0 aliphatic heterocycles. The van der Waals surface area contributed by atoms with E-state index in [0.717, 1.165) is 30.1 Å². The van der Waals surface area contributed by atoms with Gasteiger partial charge >= 0.3 is 0 Å². The van der Waals surface area contributed by atoms with E-state index in [1.54, 1.807) is 0 Å². The minimum absolute atomic E-state index is 0.513. The lowest BCUT2D eigenvalue weighted by Gasteiger charge is -2.11. The zero-order valence-corrected chi connectivity index (χ0v) is 23.9. The lowest BCUT2D eigenvalue weighted by molar-refractivity contribution is 0.289. The summed E-state index contributed by atoms with van der Waals surface area (Å²) in [7, 11) is 0. The first-order chi connectivity index (χ1) is 18.3. The highest BCUT2D eigenvalue weighted by Crippen LogP contribution is 2.20.